The van der Waals surface area contributed by atoms with Crippen LogP contribution >= 0.6 is 0 Å². The molecular weight excluding hydrogens is 270 g/mol. The van der Waals surface area contributed by atoms with Gasteiger partial charge in [-0.25, -0.2) is 9.59 Å². The number of hydrogen-bond acceptors (Lipinski definition) is 7. The van der Waals surface area contributed by atoms with Crippen molar-refractivity contribution in [2.75, 3.05) is 14.2 Å². The Hall–Kier alpha value is -2.90. The van der Waals surface area contributed by atoms with E-state index in [4.69, 9.17) is 9.15 Å². The third kappa shape index (κ3) is 2.18. The van der Waals surface area contributed by atoms with Gasteiger partial charge in [0, 0.05) is 11.5 Å². The highest BCUT2D eigenvalue weighted by Gasteiger charge is 2.19. The molecule has 1 aromatic heterocycles. The zero-order chi connectivity index (χ0) is 14.9. The number of carbonyl (C=O) groups is 1. The second-order valence-electron chi connectivity index (χ2n) is 3.76. The normalized spacial score (nSPS) is 10.3. The Labute approximate surface area is 111 Å². The van der Waals surface area contributed by atoms with Crippen molar-refractivity contribution in [3.05, 3.63) is 44.3 Å². The molecule has 0 saturated carbocycles. The van der Waals surface area contributed by atoms with Crippen molar-refractivity contribution in [3.8, 4) is 5.75 Å². The van der Waals surface area contributed by atoms with E-state index < -0.39 is 16.5 Å². The number of nitro benzene ring substituents is 1. The van der Waals surface area contributed by atoms with Crippen molar-refractivity contribution < 1.29 is 23.6 Å². The molecule has 1 heterocycles. The molecule has 1 aromatic carbocycles. The van der Waals surface area contributed by atoms with E-state index in [0.717, 1.165) is 13.2 Å². The molecule has 0 saturated heterocycles. The van der Waals surface area contributed by atoms with Crippen LogP contribution in [-0.4, -0.2) is 25.1 Å². The number of nitrogens with zero attached hydrogens (tertiary/aromatic N) is 1. The second kappa shape index (κ2) is 5.00. The van der Waals surface area contributed by atoms with Crippen molar-refractivity contribution >= 4 is 22.6 Å². The van der Waals surface area contributed by atoms with Crippen molar-refractivity contribution in [1.29, 1.82) is 0 Å². The summed E-state index contributed by atoms with van der Waals surface area (Å²) in [6, 6.07) is 3.47. The van der Waals surface area contributed by atoms with Crippen molar-refractivity contribution in [1.82, 2.24) is 0 Å². The molecular formula is C12H9NO7. The Morgan fingerprint density at radius 3 is 2.55 bits per heavy atom. The largest absolute Gasteiger partial charge is 0.493 e. The fraction of sp³-hybridized carbons (Fsp3) is 0.167. The predicted octanol–water partition coefficient (Wildman–Crippen LogP) is 1.50. The van der Waals surface area contributed by atoms with Gasteiger partial charge < -0.3 is 13.9 Å². The molecule has 0 aliphatic heterocycles. The molecule has 0 radical (unpaired) electrons. The van der Waals surface area contributed by atoms with Gasteiger partial charge in [0.1, 0.15) is 5.56 Å². The van der Waals surface area contributed by atoms with E-state index in [0.29, 0.717) is 0 Å². The summed E-state index contributed by atoms with van der Waals surface area (Å²) < 4.78 is 14.4. The van der Waals surface area contributed by atoms with Crippen LogP contribution in [0.25, 0.3) is 11.0 Å². The molecule has 0 bridgehead atoms. The molecule has 2 rings (SSSR count). The summed E-state index contributed by atoms with van der Waals surface area (Å²) in [5, 5.41) is 11.0. The summed E-state index contributed by atoms with van der Waals surface area (Å²) >= 11 is 0. The fourth-order valence-corrected chi connectivity index (χ4v) is 1.70. The van der Waals surface area contributed by atoms with Crippen molar-refractivity contribution in [2.45, 2.75) is 0 Å². The van der Waals surface area contributed by atoms with Gasteiger partial charge >= 0.3 is 11.6 Å². The summed E-state index contributed by atoms with van der Waals surface area (Å²) in [6.07, 6.45) is 0. The Morgan fingerprint density at radius 1 is 1.30 bits per heavy atom. The van der Waals surface area contributed by atoms with E-state index in [9.17, 15) is 19.7 Å². The van der Waals surface area contributed by atoms with Crippen molar-refractivity contribution in [3.63, 3.8) is 0 Å². The number of methoxy groups -OCH3 is 2. The maximum absolute atomic E-state index is 11.7. The molecule has 0 spiro atoms. The lowest BCUT2D eigenvalue weighted by atomic mass is 10.1. The van der Waals surface area contributed by atoms with Crippen LogP contribution in [0.1, 0.15) is 10.4 Å². The number of rotatable bonds is 3. The number of carbonyl (C=O) groups excluding carboxylic acids is 1. The van der Waals surface area contributed by atoms with Gasteiger partial charge in [-0.3, -0.25) is 10.1 Å². The third-order valence-corrected chi connectivity index (χ3v) is 2.62. The average molecular weight is 279 g/mol. The maximum atomic E-state index is 11.7. The highest BCUT2D eigenvalue weighted by Crippen LogP contribution is 2.30. The molecule has 0 amide bonds. The quantitative estimate of drug-likeness (QED) is 0.362. The molecule has 0 atom stereocenters. The molecule has 0 N–H and O–H groups in total. The van der Waals surface area contributed by atoms with Crippen LogP contribution in [0.4, 0.5) is 5.69 Å². The lowest BCUT2D eigenvalue weighted by Crippen LogP contribution is -2.15. The first kappa shape index (κ1) is 13.5. The van der Waals surface area contributed by atoms with Gasteiger partial charge in [0.25, 0.3) is 5.69 Å². The minimum atomic E-state index is -0.906. The molecule has 2 aromatic rings. The minimum absolute atomic E-state index is 0.0238. The smallest absolute Gasteiger partial charge is 0.351 e. The fourth-order valence-electron chi connectivity index (χ4n) is 1.70. The SMILES string of the molecule is COC(=O)c1cc2cc([N+](=O)[O-])cc(OC)c2oc1=O. The third-order valence-electron chi connectivity index (χ3n) is 2.62. The van der Waals surface area contributed by atoms with Gasteiger partial charge in [-0.2, -0.15) is 0 Å². The summed E-state index contributed by atoms with van der Waals surface area (Å²) in [4.78, 5) is 33.3. The Kier molecular flexibility index (Phi) is 3.38. The Morgan fingerprint density at radius 2 is 2.00 bits per heavy atom. The first-order valence-corrected chi connectivity index (χ1v) is 5.36. The zero-order valence-corrected chi connectivity index (χ0v) is 10.5. The number of ether oxygens (including phenoxy) is 2. The molecule has 104 valence electrons. The molecule has 8 nitrogen and oxygen atoms in total. The Balaban J connectivity index is 2.82. The first-order valence-electron chi connectivity index (χ1n) is 5.36. The van der Waals surface area contributed by atoms with Gasteiger partial charge in [0.2, 0.25) is 0 Å². The summed E-state index contributed by atoms with van der Waals surface area (Å²) in [6.45, 7) is 0. The van der Waals surface area contributed by atoms with E-state index in [1.54, 1.807) is 0 Å². The predicted molar refractivity (Wildman–Crippen MR) is 67.0 cm³/mol. The molecule has 8 heteroatoms. The standard InChI is InChI=1S/C12H9NO7/c1-18-9-5-7(13(16)17)3-6-4-8(11(14)19-2)12(15)20-10(6)9/h3-5H,1-2H3. The average Bonchev–Trinajstić information content (AvgIpc) is 2.44. The van der Waals surface area contributed by atoms with Gasteiger partial charge in [-0.05, 0) is 6.07 Å². The van der Waals surface area contributed by atoms with Gasteiger partial charge in [0.15, 0.2) is 11.3 Å². The van der Waals surface area contributed by atoms with E-state index in [2.05, 4.69) is 4.74 Å². The van der Waals surface area contributed by atoms with E-state index in [-0.39, 0.29) is 28.0 Å². The molecule has 0 aliphatic rings. The molecule has 0 aliphatic carbocycles. The number of nitro groups is 1. The van der Waals surface area contributed by atoms with Crippen LogP contribution in [-0.2, 0) is 4.74 Å². The van der Waals surface area contributed by atoms with Gasteiger partial charge in [-0.15, -0.1) is 0 Å². The monoisotopic (exact) mass is 279 g/mol. The summed E-state index contributed by atoms with van der Waals surface area (Å²) in [5.74, 6) is -0.853. The highest BCUT2D eigenvalue weighted by atomic mass is 16.6. The van der Waals surface area contributed by atoms with Crippen LogP contribution in [0.2, 0.25) is 0 Å². The zero-order valence-electron chi connectivity index (χ0n) is 10.5. The number of benzene rings is 1. The lowest BCUT2D eigenvalue weighted by molar-refractivity contribution is -0.384. The molecule has 0 fully saturated rings. The highest BCUT2D eigenvalue weighted by molar-refractivity contribution is 5.94. The van der Waals surface area contributed by atoms with Crippen LogP contribution in [0.5, 0.6) is 5.75 Å². The van der Waals surface area contributed by atoms with Crippen LogP contribution in [0.15, 0.2) is 27.4 Å². The number of fused-ring (bicyclic) bond motifs is 1. The maximum Gasteiger partial charge on any atom is 0.351 e. The molecule has 20 heavy (non-hydrogen) atoms. The lowest BCUT2D eigenvalue weighted by Gasteiger charge is -2.05. The number of esters is 1. The Bertz CT molecular complexity index is 762. The number of hydrogen-bond donors (Lipinski definition) is 0. The van der Waals surface area contributed by atoms with Gasteiger partial charge in [0.05, 0.1) is 25.2 Å². The molecule has 0 unspecified atom stereocenters. The topological polar surface area (TPSA) is 109 Å². The van der Waals surface area contributed by atoms with Crippen LogP contribution < -0.4 is 10.4 Å². The summed E-state index contributed by atoms with van der Waals surface area (Å²) in [7, 11) is 2.40. The van der Waals surface area contributed by atoms with E-state index in [1.165, 1.54) is 19.2 Å². The van der Waals surface area contributed by atoms with E-state index >= 15 is 0 Å². The minimum Gasteiger partial charge on any atom is -0.493 e. The van der Waals surface area contributed by atoms with Crippen LogP contribution in [0, 0.1) is 10.1 Å². The van der Waals surface area contributed by atoms with Crippen LogP contribution in [0.3, 0.4) is 0 Å². The summed E-state index contributed by atoms with van der Waals surface area (Å²) in [5.41, 5.74) is -1.48. The van der Waals surface area contributed by atoms with E-state index in [1.807, 2.05) is 0 Å². The van der Waals surface area contributed by atoms with Gasteiger partial charge in [-0.1, -0.05) is 0 Å². The first-order chi connectivity index (χ1) is 9.47. The number of non-ortho nitro benzene ring substituents is 1. The second-order valence-corrected chi connectivity index (χ2v) is 3.76. The van der Waals surface area contributed by atoms with Crippen molar-refractivity contribution in [2.24, 2.45) is 0 Å².